The Balaban J connectivity index is 2.00. The third-order valence-corrected chi connectivity index (χ3v) is 3.80. The van der Waals surface area contributed by atoms with E-state index in [0.29, 0.717) is 0 Å². The van der Waals surface area contributed by atoms with Crippen molar-refractivity contribution in [2.24, 2.45) is 0 Å². The van der Waals surface area contributed by atoms with Gasteiger partial charge in [0.05, 0.1) is 0 Å². The summed E-state index contributed by atoms with van der Waals surface area (Å²) < 4.78 is 0. The molecule has 2 rings (SSSR count). The summed E-state index contributed by atoms with van der Waals surface area (Å²) in [5.41, 5.74) is 0. The van der Waals surface area contributed by atoms with Gasteiger partial charge in [-0.1, -0.05) is 20.3 Å². The molecule has 20 heavy (non-hydrogen) atoms. The molecule has 0 aromatic carbocycles. The Kier molecular flexibility index (Phi) is 5.59. The van der Waals surface area contributed by atoms with Gasteiger partial charge in [0.15, 0.2) is 0 Å². The first-order chi connectivity index (χ1) is 9.72. The molecule has 2 heterocycles. The molecule has 5 nitrogen and oxygen atoms in total. The largest absolute Gasteiger partial charge is 0.370 e. The van der Waals surface area contributed by atoms with Crippen molar-refractivity contribution < 1.29 is 0 Å². The van der Waals surface area contributed by atoms with E-state index >= 15 is 0 Å². The van der Waals surface area contributed by atoms with Crippen LogP contribution in [0.5, 0.6) is 0 Å². The van der Waals surface area contributed by atoms with Crippen LogP contribution in [0, 0.1) is 6.92 Å². The monoisotopic (exact) mass is 277 g/mol. The van der Waals surface area contributed by atoms with E-state index in [1.807, 2.05) is 6.92 Å². The van der Waals surface area contributed by atoms with Crippen molar-refractivity contribution >= 4 is 11.6 Å². The Bertz CT molecular complexity index is 413. The first kappa shape index (κ1) is 15.0. The topological polar surface area (TPSA) is 44.3 Å². The molecule has 1 aliphatic heterocycles. The highest BCUT2D eigenvalue weighted by molar-refractivity contribution is 5.49. The lowest BCUT2D eigenvalue weighted by molar-refractivity contribution is 0.270. The molecule has 0 saturated carbocycles. The number of anilines is 2. The van der Waals surface area contributed by atoms with Gasteiger partial charge >= 0.3 is 0 Å². The van der Waals surface area contributed by atoms with Crippen molar-refractivity contribution in [2.45, 2.75) is 33.6 Å². The number of nitrogens with one attached hydrogen (secondary N) is 1. The van der Waals surface area contributed by atoms with Crippen molar-refractivity contribution in [3.05, 3.63) is 11.9 Å². The van der Waals surface area contributed by atoms with Crippen molar-refractivity contribution in [1.82, 2.24) is 14.9 Å². The molecule has 1 aromatic heterocycles. The van der Waals surface area contributed by atoms with Crippen LogP contribution in [-0.4, -0.2) is 54.1 Å². The number of rotatable bonds is 6. The molecule has 0 bridgehead atoms. The minimum absolute atomic E-state index is 0.847. The second kappa shape index (κ2) is 7.43. The lowest BCUT2D eigenvalue weighted by atomic mass is 10.3. The van der Waals surface area contributed by atoms with Gasteiger partial charge in [-0.15, -0.1) is 0 Å². The van der Waals surface area contributed by atoms with Crippen LogP contribution in [-0.2, 0) is 0 Å². The van der Waals surface area contributed by atoms with Crippen molar-refractivity contribution in [1.29, 1.82) is 0 Å². The molecule has 0 radical (unpaired) electrons. The Morgan fingerprint density at radius 3 is 2.55 bits per heavy atom. The lowest BCUT2D eigenvalue weighted by Gasteiger charge is -2.34. The van der Waals surface area contributed by atoms with Crippen LogP contribution in [0.25, 0.3) is 0 Å². The van der Waals surface area contributed by atoms with Gasteiger partial charge in [-0.25, -0.2) is 9.97 Å². The van der Waals surface area contributed by atoms with Gasteiger partial charge in [0.25, 0.3) is 0 Å². The molecular weight excluding hydrogens is 250 g/mol. The van der Waals surface area contributed by atoms with E-state index in [0.717, 1.165) is 56.7 Å². The maximum Gasteiger partial charge on any atom is 0.134 e. The fraction of sp³-hybridized carbons (Fsp3) is 0.733. The fourth-order valence-corrected chi connectivity index (χ4v) is 2.49. The molecule has 0 spiro atoms. The van der Waals surface area contributed by atoms with Gasteiger partial charge in [-0.05, 0) is 19.9 Å². The van der Waals surface area contributed by atoms with E-state index in [4.69, 9.17) is 0 Å². The van der Waals surface area contributed by atoms with Gasteiger partial charge in [0, 0.05) is 38.8 Å². The highest BCUT2D eigenvalue weighted by Crippen LogP contribution is 2.17. The average molecular weight is 277 g/mol. The maximum absolute atomic E-state index is 4.59. The number of likely N-dealkylation sites (N-methyl/N-ethyl adjacent to an activating group) is 1. The number of hydrogen-bond acceptors (Lipinski definition) is 5. The minimum Gasteiger partial charge on any atom is -0.370 e. The van der Waals surface area contributed by atoms with Gasteiger partial charge in [0.2, 0.25) is 0 Å². The van der Waals surface area contributed by atoms with Gasteiger partial charge in [-0.2, -0.15) is 0 Å². The second-order valence-electron chi connectivity index (χ2n) is 5.36. The summed E-state index contributed by atoms with van der Waals surface area (Å²) in [6, 6.07) is 2.09. The zero-order valence-electron chi connectivity index (χ0n) is 13.0. The third-order valence-electron chi connectivity index (χ3n) is 3.80. The zero-order chi connectivity index (χ0) is 14.4. The maximum atomic E-state index is 4.59. The molecule has 0 atom stereocenters. The van der Waals surface area contributed by atoms with E-state index in [1.165, 1.54) is 12.8 Å². The predicted octanol–water partition coefficient (Wildman–Crippen LogP) is 2.14. The summed E-state index contributed by atoms with van der Waals surface area (Å²) in [4.78, 5) is 13.9. The number of hydrogen-bond donors (Lipinski definition) is 1. The van der Waals surface area contributed by atoms with Crippen LogP contribution >= 0.6 is 0 Å². The molecule has 1 aliphatic rings. The number of aryl methyl sites for hydroxylation is 1. The summed E-state index contributed by atoms with van der Waals surface area (Å²) in [6.45, 7) is 12.9. The minimum atomic E-state index is 0.847. The Labute approximate surface area is 122 Å². The van der Waals surface area contributed by atoms with Crippen molar-refractivity contribution in [3.8, 4) is 0 Å². The van der Waals surface area contributed by atoms with E-state index in [1.54, 1.807) is 0 Å². The first-order valence-electron chi connectivity index (χ1n) is 7.79. The molecular formula is C15H27N5. The Morgan fingerprint density at radius 2 is 1.90 bits per heavy atom. The number of nitrogens with zero attached hydrogens (tertiary/aromatic N) is 4. The molecule has 0 aliphatic carbocycles. The van der Waals surface area contributed by atoms with Crippen LogP contribution in [0.15, 0.2) is 6.07 Å². The molecule has 0 unspecified atom stereocenters. The molecule has 112 valence electrons. The quantitative estimate of drug-likeness (QED) is 0.807. The van der Waals surface area contributed by atoms with Crippen LogP contribution in [0.2, 0.25) is 0 Å². The smallest absolute Gasteiger partial charge is 0.134 e. The van der Waals surface area contributed by atoms with E-state index in [9.17, 15) is 0 Å². The lowest BCUT2D eigenvalue weighted by Crippen LogP contribution is -2.46. The number of piperazine rings is 1. The molecule has 1 N–H and O–H groups in total. The summed E-state index contributed by atoms with van der Waals surface area (Å²) in [5, 5.41) is 3.40. The van der Waals surface area contributed by atoms with Crippen LogP contribution in [0.1, 0.15) is 32.5 Å². The zero-order valence-corrected chi connectivity index (χ0v) is 13.0. The molecule has 1 aromatic rings. The van der Waals surface area contributed by atoms with Crippen molar-refractivity contribution in [2.75, 3.05) is 49.5 Å². The van der Waals surface area contributed by atoms with E-state index in [-0.39, 0.29) is 0 Å². The molecule has 5 heteroatoms. The van der Waals surface area contributed by atoms with Crippen molar-refractivity contribution in [3.63, 3.8) is 0 Å². The Morgan fingerprint density at radius 1 is 1.15 bits per heavy atom. The highest BCUT2D eigenvalue weighted by Gasteiger charge is 2.17. The first-order valence-corrected chi connectivity index (χ1v) is 7.79. The third kappa shape index (κ3) is 4.07. The van der Waals surface area contributed by atoms with Crippen LogP contribution in [0.4, 0.5) is 11.6 Å². The highest BCUT2D eigenvalue weighted by atomic mass is 15.3. The second-order valence-corrected chi connectivity index (χ2v) is 5.36. The number of unbranched alkanes of at least 4 members (excludes halogenated alkanes) is 1. The summed E-state index contributed by atoms with van der Waals surface area (Å²) in [6.07, 6.45) is 2.37. The summed E-state index contributed by atoms with van der Waals surface area (Å²) in [7, 11) is 0. The standard InChI is InChI=1S/C15H27N5/c1-4-6-7-16-14-12-15(18-13(3)17-14)20-10-8-19(5-2)9-11-20/h12H,4-11H2,1-3H3,(H,16,17,18). The van der Waals surface area contributed by atoms with E-state index < -0.39 is 0 Å². The van der Waals surface area contributed by atoms with Crippen LogP contribution < -0.4 is 10.2 Å². The average Bonchev–Trinajstić information content (AvgIpc) is 2.47. The predicted molar refractivity (Wildman–Crippen MR) is 84.5 cm³/mol. The molecule has 1 saturated heterocycles. The van der Waals surface area contributed by atoms with Crippen LogP contribution in [0.3, 0.4) is 0 Å². The van der Waals surface area contributed by atoms with Gasteiger partial charge in [0.1, 0.15) is 17.5 Å². The Hall–Kier alpha value is -1.36. The summed E-state index contributed by atoms with van der Waals surface area (Å²) >= 11 is 0. The van der Waals surface area contributed by atoms with E-state index in [2.05, 4.69) is 45.0 Å². The molecule has 1 fully saturated rings. The van der Waals surface area contributed by atoms with Gasteiger partial charge < -0.3 is 15.1 Å². The molecule has 0 amide bonds. The van der Waals surface area contributed by atoms with Gasteiger partial charge in [-0.3, -0.25) is 0 Å². The number of aromatic nitrogens is 2. The SMILES string of the molecule is CCCCNc1cc(N2CCN(CC)CC2)nc(C)n1. The fourth-order valence-electron chi connectivity index (χ4n) is 2.49. The summed E-state index contributed by atoms with van der Waals surface area (Å²) in [5.74, 6) is 2.87. The normalized spacial score (nSPS) is 16.4.